The van der Waals surface area contributed by atoms with Crippen LogP contribution in [0, 0.1) is 0 Å². The van der Waals surface area contributed by atoms with Gasteiger partial charge in [0.1, 0.15) is 11.6 Å². The molecular weight excluding hydrogens is 411 g/mol. The van der Waals surface area contributed by atoms with Crippen LogP contribution in [0.15, 0.2) is 36.7 Å². The van der Waals surface area contributed by atoms with Crippen LogP contribution < -0.4 is 10.1 Å². The number of carbonyl (C=O) groups is 1. The lowest BCUT2D eigenvalue weighted by Crippen LogP contribution is -2.49. The highest BCUT2D eigenvalue weighted by molar-refractivity contribution is 5.92. The first kappa shape index (κ1) is 23.1. The maximum absolute atomic E-state index is 12.3. The van der Waals surface area contributed by atoms with Crippen LogP contribution in [-0.4, -0.2) is 70.9 Å². The molecule has 0 aliphatic carbocycles. The Morgan fingerprint density at radius 3 is 2.35 bits per heavy atom. The molecule has 0 spiro atoms. The van der Waals surface area contributed by atoms with Crippen molar-refractivity contribution in [3.63, 3.8) is 0 Å². The fourth-order valence-electron chi connectivity index (χ4n) is 3.57. The molecule has 1 aliphatic rings. The van der Waals surface area contributed by atoms with E-state index in [1.807, 2.05) is 12.4 Å². The predicted octanol–water partition coefficient (Wildman–Crippen LogP) is 3.16. The number of nitrogens with zero attached hydrogens (tertiary/aromatic N) is 4. The molecule has 10 heteroatoms. The molecule has 2 heterocycles. The summed E-state index contributed by atoms with van der Waals surface area (Å²) in [4.78, 5) is 21.1. The highest BCUT2D eigenvalue weighted by Crippen LogP contribution is 2.24. The number of halogens is 3. The standard InChI is InChI=1S/C21H28F3N5O2/c1-16(2)20-25-7-8-29(20)14-13-27-9-11-28(12-10-27)15-19(30)26-17-3-5-18(6-4-17)31-21(22,23)24/h3-8,16H,9-15H2,1-2H3,(H,26,30). The lowest BCUT2D eigenvalue weighted by atomic mass is 10.2. The number of benzene rings is 1. The van der Waals surface area contributed by atoms with E-state index in [1.54, 1.807) is 0 Å². The normalized spacial score (nSPS) is 15.9. The van der Waals surface area contributed by atoms with Crippen LogP contribution in [0.25, 0.3) is 0 Å². The number of hydrogen-bond donors (Lipinski definition) is 1. The monoisotopic (exact) mass is 439 g/mol. The van der Waals surface area contributed by atoms with Crippen molar-refractivity contribution in [3.8, 4) is 5.75 Å². The van der Waals surface area contributed by atoms with Crippen LogP contribution >= 0.6 is 0 Å². The summed E-state index contributed by atoms with van der Waals surface area (Å²) in [6.07, 6.45) is -0.886. The fourth-order valence-corrected chi connectivity index (χ4v) is 3.57. The van der Waals surface area contributed by atoms with Gasteiger partial charge in [-0.15, -0.1) is 13.2 Å². The van der Waals surface area contributed by atoms with Gasteiger partial charge in [0.2, 0.25) is 5.91 Å². The third kappa shape index (κ3) is 7.25. The van der Waals surface area contributed by atoms with Crippen LogP contribution in [0.4, 0.5) is 18.9 Å². The first-order chi connectivity index (χ1) is 14.7. The SMILES string of the molecule is CC(C)c1nccn1CCN1CCN(CC(=O)Nc2ccc(OC(F)(F)F)cc2)CC1. The van der Waals surface area contributed by atoms with Gasteiger partial charge in [0.25, 0.3) is 0 Å². The number of hydrogen-bond acceptors (Lipinski definition) is 5. The van der Waals surface area contributed by atoms with Crippen LogP contribution in [0.3, 0.4) is 0 Å². The first-order valence-electron chi connectivity index (χ1n) is 10.3. The Morgan fingerprint density at radius 2 is 1.74 bits per heavy atom. The summed E-state index contributed by atoms with van der Waals surface area (Å²) in [5, 5.41) is 2.71. The molecule has 2 aromatic rings. The third-order valence-electron chi connectivity index (χ3n) is 5.12. The van der Waals surface area contributed by atoms with Gasteiger partial charge in [0.05, 0.1) is 6.54 Å². The third-order valence-corrected chi connectivity index (χ3v) is 5.12. The summed E-state index contributed by atoms with van der Waals surface area (Å²) in [5.74, 6) is 0.961. The highest BCUT2D eigenvalue weighted by atomic mass is 19.4. The Balaban J connectivity index is 1.38. The van der Waals surface area contributed by atoms with Crippen LogP contribution in [0.1, 0.15) is 25.6 Å². The Hall–Kier alpha value is -2.59. The molecule has 170 valence electrons. The van der Waals surface area contributed by atoms with Gasteiger partial charge in [0, 0.05) is 63.3 Å². The van der Waals surface area contributed by atoms with Crippen molar-refractivity contribution in [1.82, 2.24) is 19.4 Å². The Bertz CT molecular complexity index is 843. The van der Waals surface area contributed by atoms with E-state index >= 15 is 0 Å². The van der Waals surface area contributed by atoms with Crippen LogP contribution in [0.2, 0.25) is 0 Å². The van der Waals surface area contributed by atoms with E-state index in [0.717, 1.165) is 45.1 Å². The topological polar surface area (TPSA) is 62.6 Å². The number of nitrogens with one attached hydrogen (secondary N) is 1. The van der Waals surface area contributed by atoms with Gasteiger partial charge in [0.15, 0.2) is 0 Å². The van der Waals surface area contributed by atoms with E-state index in [1.165, 1.54) is 24.3 Å². The van der Waals surface area contributed by atoms with E-state index in [4.69, 9.17) is 0 Å². The predicted molar refractivity (Wildman–Crippen MR) is 111 cm³/mol. The molecule has 0 saturated carbocycles. The number of rotatable bonds is 8. The van der Waals surface area contributed by atoms with Crippen molar-refractivity contribution >= 4 is 11.6 Å². The van der Waals surface area contributed by atoms with Gasteiger partial charge >= 0.3 is 6.36 Å². The molecule has 1 aromatic heterocycles. The van der Waals surface area contributed by atoms with Gasteiger partial charge in [-0.3, -0.25) is 14.6 Å². The van der Waals surface area contributed by atoms with E-state index < -0.39 is 6.36 Å². The number of alkyl halides is 3. The minimum Gasteiger partial charge on any atom is -0.406 e. The molecule has 1 fully saturated rings. The lowest BCUT2D eigenvalue weighted by molar-refractivity contribution is -0.274. The van der Waals surface area contributed by atoms with Crippen LogP contribution in [-0.2, 0) is 11.3 Å². The minimum absolute atomic E-state index is 0.196. The number of imidazole rings is 1. The smallest absolute Gasteiger partial charge is 0.406 e. The zero-order valence-electron chi connectivity index (χ0n) is 17.7. The molecule has 0 radical (unpaired) electrons. The fraction of sp³-hybridized carbons (Fsp3) is 0.524. The molecule has 0 atom stereocenters. The quantitative estimate of drug-likeness (QED) is 0.685. The number of ether oxygens (including phenoxy) is 1. The van der Waals surface area contributed by atoms with E-state index in [0.29, 0.717) is 11.6 Å². The number of amides is 1. The van der Waals surface area contributed by atoms with E-state index in [2.05, 4.69) is 43.3 Å². The first-order valence-corrected chi connectivity index (χ1v) is 10.3. The van der Waals surface area contributed by atoms with E-state index in [-0.39, 0.29) is 18.2 Å². The van der Waals surface area contributed by atoms with Gasteiger partial charge < -0.3 is 14.6 Å². The van der Waals surface area contributed by atoms with Crippen molar-refractivity contribution in [2.75, 3.05) is 44.6 Å². The maximum atomic E-state index is 12.3. The average molecular weight is 439 g/mol. The summed E-state index contributed by atoms with van der Waals surface area (Å²) in [7, 11) is 0. The van der Waals surface area contributed by atoms with Gasteiger partial charge in [-0.05, 0) is 24.3 Å². The van der Waals surface area contributed by atoms with Crippen LogP contribution in [0.5, 0.6) is 5.75 Å². The molecule has 1 N–H and O–H groups in total. The summed E-state index contributed by atoms with van der Waals surface area (Å²) < 4.78 is 42.6. The van der Waals surface area contributed by atoms with Crippen molar-refractivity contribution in [2.45, 2.75) is 32.7 Å². The number of carbonyl (C=O) groups excluding carboxylic acids is 1. The van der Waals surface area contributed by atoms with Gasteiger partial charge in [-0.2, -0.15) is 0 Å². The largest absolute Gasteiger partial charge is 0.573 e. The second-order valence-corrected chi connectivity index (χ2v) is 7.87. The Morgan fingerprint density at radius 1 is 1.10 bits per heavy atom. The molecule has 31 heavy (non-hydrogen) atoms. The zero-order chi connectivity index (χ0) is 22.4. The second kappa shape index (κ2) is 10.1. The molecule has 1 aromatic carbocycles. The molecule has 0 bridgehead atoms. The summed E-state index contributed by atoms with van der Waals surface area (Å²) in [5.41, 5.74) is 0.430. The Kier molecular flexibility index (Phi) is 7.55. The van der Waals surface area contributed by atoms with Gasteiger partial charge in [-0.1, -0.05) is 13.8 Å². The Labute approximate surface area is 179 Å². The summed E-state index contributed by atoms with van der Waals surface area (Å²) in [6, 6.07) is 5.12. The van der Waals surface area contributed by atoms with Crippen molar-refractivity contribution in [3.05, 3.63) is 42.5 Å². The maximum Gasteiger partial charge on any atom is 0.573 e. The average Bonchev–Trinajstić information content (AvgIpc) is 3.17. The molecule has 1 amide bonds. The lowest BCUT2D eigenvalue weighted by Gasteiger charge is -2.34. The van der Waals surface area contributed by atoms with E-state index in [9.17, 15) is 18.0 Å². The second-order valence-electron chi connectivity index (χ2n) is 7.87. The number of piperazine rings is 1. The van der Waals surface area contributed by atoms with Crippen molar-refractivity contribution in [2.24, 2.45) is 0 Å². The molecule has 3 rings (SSSR count). The molecule has 1 saturated heterocycles. The molecule has 0 unspecified atom stereocenters. The molecule has 7 nitrogen and oxygen atoms in total. The van der Waals surface area contributed by atoms with Crippen molar-refractivity contribution in [1.29, 1.82) is 0 Å². The zero-order valence-corrected chi connectivity index (χ0v) is 17.7. The van der Waals surface area contributed by atoms with Crippen molar-refractivity contribution < 1.29 is 22.7 Å². The van der Waals surface area contributed by atoms with Gasteiger partial charge in [-0.25, -0.2) is 4.98 Å². The number of anilines is 1. The minimum atomic E-state index is -4.73. The molecular formula is C21H28F3N5O2. The highest BCUT2D eigenvalue weighted by Gasteiger charge is 2.31. The summed E-state index contributed by atoms with van der Waals surface area (Å²) in [6.45, 7) is 9.66. The number of aromatic nitrogens is 2. The summed E-state index contributed by atoms with van der Waals surface area (Å²) >= 11 is 0. The molecule has 1 aliphatic heterocycles.